The average molecular weight is 250 g/mol. The van der Waals surface area contributed by atoms with Gasteiger partial charge in [0.25, 0.3) is 0 Å². The number of rotatable bonds is 6. The largest absolute Gasteiger partial charge is 0.478 e. The first-order chi connectivity index (χ1) is 8.60. The van der Waals surface area contributed by atoms with Gasteiger partial charge < -0.3 is 9.84 Å². The van der Waals surface area contributed by atoms with Gasteiger partial charge in [0, 0.05) is 6.42 Å². The summed E-state index contributed by atoms with van der Waals surface area (Å²) in [4.78, 5) is 22.5. The minimum absolute atomic E-state index is 0.0467. The van der Waals surface area contributed by atoms with Crippen molar-refractivity contribution in [1.29, 1.82) is 0 Å². The number of esters is 1. The van der Waals surface area contributed by atoms with Gasteiger partial charge in [0.05, 0.1) is 0 Å². The summed E-state index contributed by atoms with van der Waals surface area (Å²) in [5, 5.41) is 9.11. The number of aryl methyl sites for hydroxylation is 1. The maximum absolute atomic E-state index is 11.4. The molecular weight excluding hydrogens is 232 g/mol. The van der Waals surface area contributed by atoms with Crippen molar-refractivity contribution in [3.8, 4) is 5.75 Å². The SMILES string of the molecule is CCCCc1cccc(C(=O)O)c1OC(=O)CC. The molecule has 0 aliphatic rings. The first-order valence-electron chi connectivity index (χ1n) is 6.16. The lowest BCUT2D eigenvalue weighted by Gasteiger charge is -2.12. The summed E-state index contributed by atoms with van der Waals surface area (Å²) in [6.07, 6.45) is 2.86. The van der Waals surface area contributed by atoms with Crippen LogP contribution in [0.1, 0.15) is 49.0 Å². The molecule has 18 heavy (non-hydrogen) atoms. The second-order valence-corrected chi connectivity index (χ2v) is 4.03. The Balaban J connectivity index is 3.12. The van der Waals surface area contributed by atoms with Crippen LogP contribution in [-0.2, 0) is 11.2 Å². The summed E-state index contributed by atoms with van der Waals surface area (Å²) in [5.74, 6) is -1.29. The van der Waals surface area contributed by atoms with Crippen LogP contribution in [0.4, 0.5) is 0 Å². The molecule has 0 saturated heterocycles. The summed E-state index contributed by atoms with van der Waals surface area (Å²) < 4.78 is 5.16. The molecule has 1 N–H and O–H groups in total. The van der Waals surface area contributed by atoms with E-state index in [-0.39, 0.29) is 17.7 Å². The third-order valence-electron chi connectivity index (χ3n) is 2.63. The number of carboxylic acids is 1. The molecule has 0 aliphatic heterocycles. The number of carboxylic acid groups (broad SMARTS) is 1. The molecule has 1 aromatic carbocycles. The van der Waals surface area contributed by atoms with Crippen molar-refractivity contribution in [2.45, 2.75) is 39.5 Å². The number of carbonyl (C=O) groups excluding carboxylic acids is 1. The number of hydrogen-bond donors (Lipinski definition) is 1. The van der Waals surface area contributed by atoms with Crippen LogP contribution in [0.15, 0.2) is 18.2 Å². The van der Waals surface area contributed by atoms with E-state index in [0.29, 0.717) is 6.42 Å². The average Bonchev–Trinajstić information content (AvgIpc) is 2.36. The molecular formula is C14H18O4. The van der Waals surface area contributed by atoms with Gasteiger partial charge in [-0.2, -0.15) is 0 Å². The lowest BCUT2D eigenvalue weighted by atomic mass is 10.0. The van der Waals surface area contributed by atoms with Gasteiger partial charge in [-0.15, -0.1) is 0 Å². The van der Waals surface area contributed by atoms with Gasteiger partial charge in [-0.3, -0.25) is 4.79 Å². The predicted octanol–water partition coefficient (Wildman–Crippen LogP) is 3.04. The van der Waals surface area contributed by atoms with Crippen molar-refractivity contribution in [2.24, 2.45) is 0 Å². The Hall–Kier alpha value is -1.84. The van der Waals surface area contributed by atoms with Crippen LogP contribution in [0, 0.1) is 0 Å². The van der Waals surface area contributed by atoms with Crippen LogP contribution in [0.3, 0.4) is 0 Å². The standard InChI is InChI=1S/C14H18O4/c1-3-5-7-10-8-6-9-11(14(16)17)13(10)18-12(15)4-2/h6,8-9H,3-5,7H2,1-2H3,(H,16,17). The first-order valence-corrected chi connectivity index (χ1v) is 6.16. The van der Waals surface area contributed by atoms with Crippen molar-refractivity contribution in [3.05, 3.63) is 29.3 Å². The zero-order valence-corrected chi connectivity index (χ0v) is 10.7. The van der Waals surface area contributed by atoms with Crippen molar-refractivity contribution < 1.29 is 19.4 Å². The third-order valence-corrected chi connectivity index (χ3v) is 2.63. The highest BCUT2D eigenvalue weighted by atomic mass is 16.5. The minimum atomic E-state index is -1.08. The summed E-state index contributed by atoms with van der Waals surface area (Å²) in [7, 11) is 0. The molecule has 0 amide bonds. The molecule has 0 fully saturated rings. The van der Waals surface area contributed by atoms with Gasteiger partial charge in [0.2, 0.25) is 0 Å². The van der Waals surface area contributed by atoms with Gasteiger partial charge in [-0.25, -0.2) is 4.79 Å². The molecule has 0 radical (unpaired) electrons. The van der Waals surface area contributed by atoms with Crippen molar-refractivity contribution in [3.63, 3.8) is 0 Å². The quantitative estimate of drug-likeness (QED) is 0.622. The fourth-order valence-corrected chi connectivity index (χ4v) is 1.62. The van der Waals surface area contributed by atoms with Crippen molar-refractivity contribution >= 4 is 11.9 Å². The Bertz CT molecular complexity index is 437. The molecule has 0 aromatic heterocycles. The van der Waals surface area contributed by atoms with Gasteiger partial charge in [-0.1, -0.05) is 32.4 Å². The van der Waals surface area contributed by atoms with Crippen LogP contribution < -0.4 is 4.74 Å². The highest BCUT2D eigenvalue weighted by Gasteiger charge is 2.17. The monoisotopic (exact) mass is 250 g/mol. The smallest absolute Gasteiger partial charge is 0.339 e. The van der Waals surface area contributed by atoms with Crippen LogP contribution in [0.5, 0.6) is 5.75 Å². The van der Waals surface area contributed by atoms with Gasteiger partial charge in [0.15, 0.2) is 0 Å². The number of hydrogen-bond acceptors (Lipinski definition) is 3. The van der Waals surface area contributed by atoms with E-state index in [2.05, 4.69) is 6.92 Å². The molecule has 0 atom stereocenters. The Labute approximate surface area is 107 Å². The molecule has 98 valence electrons. The molecule has 4 nitrogen and oxygen atoms in total. The summed E-state index contributed by atoms with van der Waals surface area (Å²) in [6, 6.07) is 4.94. The molecule has 0 heterocycles. The van der Waals surface area contributed by atoms with E-state index in [1.54, 1.807) is 19.1 Å². The normalized spacial score (nSPS) is 10.1. The van der Waals surface area contributed by atoms with E-state index in [9.17, 15) is 9.59 Å². The second kappa shape index (κ2) is 6.79. The van der Waals surface area contributed by atoms with Gasteiger partial charge in [-0.05, 0) is 24.5 Å². The van der Waals surface area contributed by atoms with Crippen LogP contribution in [0.2, 0.25) is 0 Å². The minimum Gasteiger partial charge on any atom is -0.478 e. The van der Waals surface area contributed by atoms with E-state index >= 15 is 0 Å². The molecule has 0 unspecified atom stereocenters. The number of aromatic carboxylic acids is 1. The fraction of sp³-hybridized carbons (Fsp3) is 0.429. The summed E-state index contributed by atoms with van der Waals surface area (Å²) in [6.45, 7) is 3.73. The van der Waals surface area contributed by atoms with Crippen LogP contribution in [0.25, 0.3) is 0 Å². The molecule has 0 saturated carbocycles. The lowest BCUT2D eigenvalue weighted by Crippen LogP contribution is -2.11. The number of carbonyl (C=O) groups is 2. The van der Waals surface area contributed by atoms with Crippen LogP contribution >= 0.6 is 0 Å². The maximum atomic E-state index is 11.4. The van der Waals surface area contributed by atoms with Gasteiger partial charge in [0.1, 0.15) is 11.3 Å². The van der Waals surface area contributed by atoms with E-state index in [1.807, 2.05) is 0 Å². The number of para-hydroxylation sites is 1. The fourth-order valence-electron chi connectivity index (χ4n) is 1.62. The Morgan fingerprint density at radius 2 is 2.00 bits per heavy atom. The highest BCUT2D eigenvalue weighted by Crippen LogP contribution is 2.26. The highest BCUT2D eigenvalue weighted by molar-refractivity contribution is 5.92. The molecule has 0 aliphatic carbocycles. The number of ether oxygens (including phenoxy) is 1. The third kappa shape index (κ3) is 3.58. The lowest BCUT2D eigenvalue weighted by molar-refractivity contribution is -0.134. The molecule has 4 heteroatoms. The topological polar surface area (TPSA) is 63.6 Å². The first kappa shape index (κ1) is 14.2. The van der Waals surface area contributed by atoms with E-state index in [4.69, 9.17) is 9.84 Å². The second-order valence-electron chi connectivity index (χ2n) is 4.03. The molecule has 1 rings (SSSR count). The molecule has 0 spiro atoms. The molecule has 1 aromatic rings. The van der Waals surface area contributed by atoms with Crippen molar-refractivity contribution in [1.82, 2.24) is 0 Å². The van der Waals surface area contributed by atoms with Crippen molar-refractivity contribution in [2.75, 3.05) is 0 Å². The Morgan fingerprint density at radius 3 is 2.56 bits per heavy atom. The Morgan fingerprint density at radius 1 is 1.28 bits per heavy atom. The zero-order chi connectivity index (χ0) is 13.5. The molecule has 0 bridgehead atoms. The number of unbranched alkanes of at least 4 members (excludes halogenated alkanes) is 1. The summed E-state index contributed by atoms with van der Waals surface area (Å²) in [5.41, 5.74) is 0.823. The summed E-state index contributed by atoms with van der Waals surface area (Å²) >= 11 is 0. The van der Waals surface area contributed by atoms with E-state index < -0.39 is 11.9 Å². The predicted molar refractivity (Wildman–Crippen MR) is 67.9 cm³/mol. The van der Waals surface area contributed by atoms with E-state index in [0.717, 1.165) is 18.4 Å². The zero-order valence-electron chi connectivity index (χ0n) is 10.7. The van der Waals surface area contributed by atoms with Gasteiger partial charge >= 0.3 is 11.9 Å². The Kier molecular flexibility index (Phi) is 5.36. The number of benzene rings is 1. The van der Waals surface area contributed by atoms with Crippen LogP contribution in [-0.4, -0.2) is 17.0 Å². The van der Waals surface area contributed by atoms with E-state index in [1.165, 1.54) is 6.07 Å². The maximum Gasteiger partial charge on any atom is 0.339 e.